The molecule has 1 aliphatic carbocycles. The largest absolute Gasteiger partial charge is 0.369 e. The van der Waals surface area contributed by atoms with E-state index in [2.05, 4.69) is 71.9 Å². The molecule has 0 radical (unpaired) electrons. The first-order chi connectivity index (χ1) is 31.6. The molecule has 1 saturated carbocycles. The molecule has 0 spiro atoms. The van der Waals surface area contributed by atoms with Gasteiger partial charge in [0.25, 0.3) is 5.91 Å². The summed E-state index contributed by atoms with van der Waals surface area (Å²) in [6.45, 7) is 14.0. The van der Waals surface area contributed by atoms with E-state index in [1.165, 1.54) is 63.0 Å². The van der Waals surface area contributed by atoms with Crippen molar-refractivity contribution in [2.75, 3.05) is 88.0 Å². The molecule has 1 aromatic carbocycles. The Bertz CT molecular complexity index is 2250. The number of benzene rings is 1. The van der Waals surface area contributed by atoms with Crippen LogP contribution in [0.3, 0.4) is 0 Å². The fourth-order valence-electron chi connectivity index (χ4n) is 12.1. The first-order valence-corrected chi connectivity index (χ1v) is 26.0. The van der Waals surface area contributed by atoms with Crippen LogP contribution in [0, 0.1) is 5.92 Å². The summed E-state index contributed by atoms with van der Waals surface area (Å²) in [5, 5.41) is 9.68. The minimum absolute atomic E-state index is 0.0341. The molecule has 11 rings (SSSR count). The maximum atomic E-state index is 13.2. The van der Waals surface area contributed by atoms with Gasteiger partial charge in [0.05, 0.1) is 28.4 Å². The van der Waals surface area contributed by atoms with Crippen LogP contribution in [0.1, 0.15) is 111 Å². The molecule has 8 aliphatic heterocycles. The van der Waals surface area contributed by atoms with Crippen LogP contribution < -0.4 is 20.9 Å². The molecule has 3 unspecified atom stereocenters. The van der Waals surface area contributed by atoms with Crippen molar-refractivity contribution in [3.05, 3.63) is 52.5 Å². The van der Waals surface area contributed by atoms with Gasteiger partial charge in [0.2, 0.25) is 17.8 Å². The second-order valence-corrected chi connectivity index (χ2v) is 22.0. The summed E-state index contributed by atoms with van der Waals surface area (Å²) in [5.41, 5.74) is 5.18. The van der Waals surface area contributed by atoms with Gasteiger partial charge in [0, 0.05) is 94.3 Å². The molecule has 0 bridgehead atoms. The fraction of sp³-hybridized carbons (Fsp3) is 0.667. The number of carbonyl (C=O) groups excluding carboxylic acids is 3. The van der Waals surface area contributed by atoms with Gasteiger partial charge in [-0.25, -0.2) is 4.98 Å². The van der Waals surface area contributed by atoms with E-state index in [4.69, 9.17) is 15.0 Å². The Balaban J connectivity index is 0.590. The van der Waals surface area contributed by atoms with Crippen molar-refractivity contribution in [2.24, 2.45) is 10.9 Å². The molecule has 1 aromatic heterocycles. The minimum atomic E-state index is -1.03. The van der Waals surface area contributed by atoms with Crippen LogP contribution in [0.4, 0.5) is 11.8 Å². The second kappa shape index (κ2) is 18.0. The highest BCUT2D eigenvalue weighted by Crippen LogP contribution is 2.39. The third-order valence-electron chi connectivity index (χ3n) is 16.3. The number of allylic oxidation sites excluding steroid dienone is 1. The Morgan fingerprint density at radius 2 is 1.63 bits per heavy atom. The molecule has 9 aliphatic rings. The summed E-state index contributed by atoms with van der Waals surface area (Å²) >= 11 is 0. The number of likely N-dealkylation sites (tertiary alicyclic amines) is 3. The molecule has 16 nitrogen and oxygen atoms in total. The number of rotatable bonds is 10. The van der Waals surface area contributed by atoms with Crippen molar-refractivity contribution in [2.45, 2.75) is 125 Å². The zero-order valence-corrected chi connectivity index (χ0v) is 38.8. The molecule has 9 heterocycles. The average molecular weight is 907 g/mol. The lowest BCUT2D eigenvalue weighted by atomic mass is 9.78. The van der Waals surface area contributed by atoms with Gasteiger partial charge in [0.15, 0.2) is 6.29 Å². The van der Waals surface area contributed by atoms with E-state index < -0.39 is 16.8 Å². The summed E-state index contributed by atoms with van der Waals surface area (Å²) in [6.07, 6.45) is 16.3. The summed E-state index contributed by atoms with van der Waals surface area (Å²) in [6, 6.07) is 6.38. The maximum Gasteiger partial charge on any atom is 0.255 e. The highest BCUT2D eigenvalue weighted by Gasteiger charge is 2.40. The van der Waals surface area contributed by atoms with Gasteiger partial charge in [-0.15, -0.1) is 0 Å². The van der Waals surface area contributed by atoms with Crippen LogP contribution in [0.5, 0.6) is 0 Å². The molecule has 6 fully saturated rings. The number of nitrogens with zero attached hydrogens (tertiary/aromatic N) is 9. The van der Waals surface area contributed by atoms with Gasteiger partial charge in [0.1, 0.15) is 16.8 Å². The minimum Gasteiger partial charge on any atom is -0.369 e. The number of hydrogen-bond acceptors (Lipinski definition) is 14. The Labute approximate surface area is 385 Å². The van der Waals surface area contributed by atoms with Crippen LogP contribution in [-0.2, 0) is 33.4 Å². The van der Waals surface area contributed by atoms with E-state index in [0.29, 0.717) is 36.2 Å². The number of fused-ring (bicyclic) bond motifs is 2. The average Bonchev–Trinajstić information content (AvgIpc) is 3.87. The Hall–Kier alpha value is -4.45. The number of imide groups is 1. The molecule has 2 aromatic rings. The highest BCUT2D eigenvalue weighted by molar-refractivity contribution is 7.85. The summed E-state index contributed by atoms with van der Waals surface area (Å²) < 4.78 is 12.9. The van der Waals surface area contributed by atoms with Crippen LogP contribution in [0.15, 0.2) is 40.0 Å². The van der Waals surface area contributed by atoms with E-state index in [-0.39, 0.29) is 36.0 Å². The number of aryl methyl sites for hydroxylation is 1. The number of hydrogen-bond donors (Lipinski definition) is 3. The quantitative estimate of drug-likeness (QED) is 0.299. The van der Waals surface area contributed by atoms with Crippen molar-refractivity contribution in [1.82, 2.24) is 45.1 Å². The molecule has 3 atom stereocenters. The number of aliphatic imine (C=N–C) groups is 1. The summed E-state index contributed by atoms with van der Waals surface area (Å²) in [7, 11) is -1.03. The predicted octanol–water partition coefficient (Wildman–Crippen LogP) is 3.23. The molecule has 65 heavy (non-hydrogen) atoms. The monoisotopic (exact) mass is 907 g/mol. The fourth-order valence-corrected chi connectivity index (χ4v) is 13.4. The smallest absolute Gasteiger partial charge is 0.255 e. The van der Waals surface area contributed by atoms with Gasteiger partial charge in [-0.2, -0.15) is 4.98 Å². The Kier molecular flexibility index (Phi) is 11.9. The molecule has 17 heteroatoms. The molecule has 348 valence electrons. The normalized spacial score (nSPS) is 28.4. The molecule has 5 saturated heterocycles. The molecular weight excluding hydrogens is 841 g/mol. The van der Waals surface area contributed by atoms with E-state index in [9.17, 15) is 18.6 Å². The van der Waals surface area contributed by atoms with Gasteiger partial charge < -0.3 is 35.1 Å². The number of anilines is 2. The van der Waals surface area contributed by atoms with Crippen molar-refractivity contribution >= 4 is 46.5 Å². The van der Waals surface area contributed by atoms with Crippen molar-refractivity contribution in [3.63, 3.8) is 0 Å². The third kappa shape index (κ3) is 8.82. The lowest BCUT2D eigenvalue weighted by molar-refractivity contribution is -0.136. The number of amides is 3. The number of nitrogens with one attached hydrogen (secondary N) is 3. The summed E-state index contributed by atoms with van der Waals surface area (Å²) in [5.74, 6) is 2.72. The molecular formula is C48H66N12O4S. The van der Waals surface area contributed by atoms with E-state index in [1.807, 2.05) is 6.07 Å². The Morgan fingerprint density at radius 1 is 0.846 bits per heavy atom. The van der Waals surface area contributed by atoms with Crippen molar-refractivity contribution in [3.8, 4) is 0 Å². The van der Waals surface area contributed by atoms with Gasteiger partial charge in [-0.05, 0) is 126 Å². The lowest BCUT2D eigenvalue weighted by Gasteiger charge is -2.44. The zero-order chi connectivity index (χ0) is 44.2. The SMILES string of the molecule is CC1(Nc2nc(N3CCN(C4N=CC(N5CCC(N6CCC(CN7CCC(c8ccc9c(c8)CN(C8CCC(=O)NC8=O)C9=O)CC7)CC6)CC5)=CN4)CC3)nc3c2S(=O)CC3)CCC1. The predicted molar refractivity (Wildman–Crippen MR) is 250 cm³/mol. The van der Waals surface area contributed by atoms with Gasteiger partial charge in [-0.3, -0.25) is 33.8 Å². The second-order valence-electron chi connectivity index (χ2n) is 20.5. The standard InChI is InChI=1S/C48H66N12O4S/c1-48(14-2-15-48)54-43-42-39(13-26-65(42)64)51-47(53-43)59-24-22-58(23-25-59)46-49-28-37(29-50-46)57-20-11-36(12-21-57)56-18-7-32(8-19-56)30-55-16-9-33(10-17-55)34-3-4-38-35(27-34)31-60(45(38)63)40-5-6-41(61)52-44(40)62/h3-4,27-29,32-33,36,40,46,49H,2,5-26,30-31H2,1H3,(H,51,53,54)(H,52,61,62). The van der Waals surface area contributed by atoms with Gasteiger partial charge >= 0.3 is 0 Å². The van der Waals surface area contributed by atoms with E-state index >= 15 is 0 Å². The first kappa shape index (κ1) is 43.1. The zero-order valence-electron chi connectivity index (χ0n) is 38.0. The number of piperidine rings is 4. The van der Waals surface area contributed by atoms with Crippen LogP contribution >= 0.6 is 0 Å². The van der Waals surface area contributed by atoms with Crippen LogP contribution in [-0.4, -0.2) is 164 Å². The first-order valence-electron chi connectivity index (χ1n) is 24.7. The van der Waals surface area contributed by atoms with E-state index in [0.717, 1.165) is 118 Å². The molecule has 3 amide bonds. The van der Waals surface area contributed by atoms with Crippen molar-refractivity contribution < 1.29 is 18.6 Å². The van der Waals surface area contributed by atoms with Gasteiger partial charge in [-0.1, -0.05) is 12.1 Å². The number of piperazine rings is 1. The van der Waals surface area contributed by atoms with E-state index in [1.54, 1.807) is 4.90 Å². The Morgan fingerprint density at radius 3 is 2.34 bits per heavy atom. The van der Waals surface area contributed by atoms with Crippen LogP contribution in [0.25, 0.3) is 0 Å². The molecule has 3 N–H and O–H groups in total. The highest BCUT2D eigenvalue weighted by atomic mass is 32.2. The maximum absolute atomic E-state index is 13.2. The number of carbonyl (C=O) groups is 3. The number of aromatic nitrogens is 2. The summed E-state index contributed by atoms with van der Waals surface area (Å²) in [4.78, 5) is 67.4. The topological polar surface area (TPSA) is 162 Å². The third-order valence-corrected chi connectivity index (χ3v) is 17.8. The van der Waals surface area contributed by atoms with Crippen molar-refractivity contribution in [1.29, 1.82) is 0 Å². The van der Waals surface area contributed by atoms with Crippen LogP contribution in [0.2, 0.25) is 0 Å². The lowest BCUT2D eigenvalue weighted by Crippen LogP contribution is -2.54.